The van der Waals surface area contributed by atoms with Crippen molar-refractivity contribution in [1.82, 2.24) is 4.90 Å². The Balaban J connectivity index is 2.07. The van der Waals surface area contributed by atoms with Gasteiger partial charge >= 0.3 is 0 Å². The van der Waals surface area contributed by atoms with Crippen molar-refractivity contribution in [3.63, 3.8) is 0 Å². The van der Waals surface area contributed by atoms with E-state index in [2.05, 4.69) is 25.7 Å². The van der Waals surface area contributed by atoms with Gasteiger partial charge in [0.25, 0.3) is 0 Å². The smallest absolute Gasteiger partial charge is 0.0674 e. The van der Waals surface area contributed by atoms with Gasteiger partial charge in [-0.15, -0.1) is 0 Å². The molecule has 2 aliphatic rings. The molecule has 0 spiro atoms. The molecule has 0 radical (unpaired) electrons. The average molecular weight is 254 g/mol. The molecule has 2 N–H and O–H groups in total. The van der Waals surface area contributed by atoms with Gasteiger partial charge < -0.3 is 10.5 Å². The first kappa shape index (κ1) is 14.3. The number of nitrogens with zero attached hydrogens (tertiary/aromatic N) is 1. The summed E-state index contributed by atoms with van der Waals surface area (Å²) < 4.78 is 5.77. The quantitative estimate of drug-likeness (QED) is 0.822. The molecule has 0 aromatic rings. The zero-order chi connectivity index (χ0) is 13.2. The summed E-state index contributed by atoms with van der Waals surface area (Å²) in [7, 11) is 0. The minimum atomic E-state index is 0.247. The van der Waals surface area contributed by atoms with E-state index >= 15 is 0 Å². The molecule has 0 bridgehead atoms. The van der Waals surface area contributed by atoms with E-state index in [1.54, 1.807) is 0 Å². The van der Waals surface area contributed by atoms with Crippen LogP contribution in [0, 0.1) is 5.41 Å². The Morgan fingerprint density at radius 2 is 1.89 bits per heavy atom. The molecular weight excluding hydrogens is 224 g/mol. The van der Waals surface area contributed by atoms with E-state index < -0.39 is 0 Å². The van der Waals surface area contributed by atoms with Crippen molar-refractivity contribution >= 4 is 0 Å². The molecule has 3 heteroatoms. The Labute approximate surface area is 112 Å². The van der Waals surface area contributed by atoms with E-state index in [9.17, 15) is 0 Å². The van der Waals surface area contributed by atoms with Crippen LogP contribution in [-0.2, 0) is 4.74 Å². The molecule has 3 nitrogen and oxygen atoms in total. The number of ether oxygens (including phenoxy) is 1. The first-order valence-corrected chi connectivity index (χ1v) is 7.54. The summed E-state index contributed by atoms with van der Waals surface area (Å²) in [6, 6.07) is 0. The molecule has 0 aromatic carbocycles. The van der Waals surface area contributed by atoms with Gasteiger partial charge in [0.15, 0.2) is 0 Å². The second-order valence-corrected chi connectivity index (χ2v) is 7.07. The molecule has 0 aromatic heterocycles. The zero-order valence-electron chi connectivity index (χ0n) is 12.4. The molecule has 1 unspecified atom stereocenters. The molecule has 1 saturated carbocycles. The Morgan fingerprint density at radius 1 is 1.22 bits per heavy atom. The highest BCUT2D eigenvalue weighted by Gasteiger charge is 2.42. The van der Waals surface area contributed by atoms with E-state index in [4.69, 9.17) is 10.5 Å². The van der Waals surface area contributed by atoms with Crippen molar-refractivity contribution in [3.8, 4) is 0 Å². The molecule has 0 amide bonds. The highest BCUT2D eigenvalue weighted by molar-refractivity contribution is 4.98. The van der Waals surface area contributed by atoms with Crippen LogP contribution in [0.3, 0.4) is 0 Å². The van der Waals surface area contributed by atoms with E-state index in [1.165, 1.54) is 25.7 Å². The minimum absolute atomic E-state index is 0.247. The molecule has 2 fully saturated rings. The number of hydrogen-bond acceptors (Lipinski definition) is 3. The second kappa shape index (κ2) is 5.48. The minimum Gasteiger partial charge on any atom is -0.377 e. The average Bonchev–Trinajstić information content (AvgIpc) is 2.55. The predicted molar refractivity (Wildman–Crippen MR) is 75.6 cm³/mol. The zero-order valence-corrected chi connectivity index (χ0v) is 12.4. The van der Waals surface area contributed by atoms with Gasteiger partial charge in [-0.05, 0) is 44.4 Å². The van der Waals surface area contributed by atoms with Gasteiger partial charge in [0.05, 0.1) is 6.10 Å². The summed E-state index contributed by atoms with van der Waals surface area (Å²) in [5.74, 6) is 0. The lowest BCUT2D eigenvalue weighted by Gasteiger charge is -2.50. The van der Waals surface area contributed by atoms with Crippen LogP contribution in [0.1, 0.15) is 52.9 Å². The molecule has 1 atom stereocenters. The fourth-order valence-corrected chi connectivity index (χ4v) is 3.47. The van der Waals surface area contributed by atoms with Gasteiger partial charge in [-0.2, -0.15) is 0 Å². The van der Waals surface area contributed by atoms with Crippen molar-refractivity contribution < 1.29 is 4.74 Å². The summed E-state index contributed by atoms with van der Waals surface area (Å²) >= 11 is 0. The van der Waals surface area contributed by atoms with E-state index in [-0.39, 0.29) is 5.54 Å². The van der Waals surface area contributed by atoms with Gasteiger partial charge in [0.1, 0.15) is 0 Å². The highest BCUT2D eigenvalue weighted by Crippen LogP contribution is 2.43. The van der Waals surface area contributed by atoms with Gasteiger partial charge in [0.2, 0.25) is 0 Å². The first-order chi connectivity index (χ1) is 8.47. The maximum absolute atomic E-state index is 6.17. The number of rotatable bonds is 2. The van der Waals surface area contributed by atoms with E-state index in [0.717, 1.165) is 32.7 Å². The molecule has 18 heavy (non-hydrogen) atoms. The van der Waals surface area contributed by atoms with Gasteiger partial charge in [-0.3, -0.25) is 4.90 Å². The number of hydrogen-bond donors (Lipinski definition) is 1. The molecule has 1 saturated heterocycles. The summed E-state index contributed by atoms with van der Waals surface area (Å²) in [6.45, 7) is 10.9. The highest BCUT2D eigenvalue weighted by atomic mass is 16.5. The van der Waals surface area contributed by atoms with E-state index in [0.29, 0.717) is 11.5 Å². The largest absolute Gasteiger partial charge is 0.377 e. The third-order valence-corrected chi connectivity index (χ3v) is 5.04. The molecule has 2 rings (SSSR count). The third kappa shape index (κ3) is 3.06. The van der Waals surface area contributed by atoms with Crippen LogP contribution < -0.4 is 5.73 Å². The summed E-state index contributed by atoms with van der Waals surface area (Å²) in [5.41, 5.74) is 6.93. The normalized spacial score (nSPS) is 33.0. The van der Waals surface area contributed by atoms with Crippen molar-refractivity contribution in [1.29, 1.82) is 0 Å². The predicted octanol–water partition coefficient (Wildman–Crippen LogP) is 2.39. The Kier molecular flexibility index (Phi) is 4.35. The first-order valence-electron chi connectivity index (χ1n) is 7.54. The topological polar surface area (TPSA) is 38.5 Å². The lowest BCUT2D eigenvalue weighted by molar-refractivity contribution is 0.00212. The summed E-state index contributed by atoms with van der Waals surface area (Å²) in [4.78, 5) is 2.64. The number of nitrogens with two attached hydrogens (primary N) is 1. The Bertz CT molecular complexity index is 268. The van der Waals surface area contributed by atoms with E-state index in [1.807, 2.05) is 0 Å². The Hall–Kier alpha value is -0.120. The Morgan fingerprint density at radius 3 is 2.50 bits per heavy atom. The molecular formula is C15H30N2O. The maximum atomic E-state index is 6.17. The van der Waals surface area contributed by atoms with Gasteiger partial charge in [-0.1, -0.05) is 13.8 Å². The standard InChI is InChI=1S/C15H30N2O/c1-13-11-17(9-4-10-18-13)15(12-16)7-5-14(2,3)6-8-15/h13H,4-12,16H2,1-3H3. The van der Waals surface area contributed by atoms with Crippen LogP contribution >= 0.6 is 0 Å². The van der Waals surface area contributed by atoms with Gasteiger partial charge in [0, 0.05) is 31.8 Å². The molecule has 1 aliphatic carbocycles. The fourth-order valence-electron chi connectivity index (χ4n) is 3.47. The fraction of sp³-hybridized carbons (Fsp3) is 1.00. The van der Waals surface area contributed by atoms with Crippen LogP contribution in [0.4, 0.5) is 0 Å². The molecule has 106 valence electrons. The van der Waals surface area contributed by atoms with Crippen LogP contribution in [0.25, 0.3) is 0 Å². The van der Waals surface area contributed by atoms with Gasteiger partial charge in [-0.25, -0.2) is 0 Å². The van der Waals surface area contributed by atoms with Crippen molar-refractivity contribution in [2.45, 2.75) is 64.5 Å². The van der Waals surface area contributed by atoms with Crippen LogP contribution in [0.2, 0.25) is 0 Å². The molecule has 1 heterocycles. The lowest BCUT2D eigenvalue weighted by Crippen LogP contribution is -2.57. The monoisotopic (exact) mass is 254 g/mol. The summed E-state index contributed by atoms with van der Waals surface area (Å²) in [5, 5.41) is 0. The second-order valence-electron chi connectivity index (χ2n) is 7.07. The maximum Gasteiger partial charge on any atom is 0.0674 e. The third-order valence-electron chi connectivity index (χ3n) is 5.04. The van der Waals surface area contributed by atoms with Crippen molar-refractivity contribution in [2.75, 3.05) is 26.2 Å². The van der Waals surface area contributed by atoms with Crippen LogP contribution in [-0.4, -0.2) is 42.8 Å². The van der Waals surface area contributed by atoms with Crippen LogP contribution in [0.15, 0.2) is 0 Å². The van der Waals surface area contributed by atoms with Crippen LogP contribution in [0.5, 0.6) is 0 Å². The van der Waals surface area contributed by atoms with Crippen molar-refractivity contribution in [2.24, 2.45) is 11.1 Å². The molecule has 1 aliphatic heterocycles. The summed E-state index contributed by atoms with van der Waals surface area (Å²) in [6.07, 6.45) is 6.61. The lowest BCUT2D eigenvalue weighted by atomic mass is 9.68. The van der Waals surface area contributed by atoms with Crippen molar-refractivity contribution in [3.05, 3.63) is 0 Å². The SMILES string of the molecule is CC1CN(C2(CN)CCC(C)(C)CC2)CCCO1.